The Morgan fingerprint density at radius 2 is 2.10 bits per heavy atom. The van der Waals surface area contributed by atoms with Crippen LogP contribution in [-0.2, 0) is 6.54 Å². The van der Waals surface area contributed by atoms with Crippen molar-refractivity contribution in [1.82, 2.24) is 0 Å². The van der Waals surface area contributed by atoms with Crippen LogP contribution >= 0.6 is 15.9 Å². The number of hydrogen-bond acceptors (Lipinski definition) is 3. The molecule has 0 bridgehead atoms. The highest BCUT2D eigenvalue weighted by atomic mass is 79.9. The number of anilines is 1. The summed E-state index contributed by atoms with van der Waals surface area (Å²) in [6.45, 7) is 0.483. The van der Waals surface area contributed by atoms with Gasteiger partial charge in [0.05, 0.1) is 23.2 Å². The number of nitrogens with one attached hydrogen (secondary N) is 1. The van der Waals surface area contributed by atoms with Gasteiger partial charge in [-0.05, 0) is 52.3 Å². The first-order valence-electron chi connectivity index (χ1n) is 5.90. The highest BCUT2D eigenvalue weighted by molar-refractivity contribution is 9.10. The predicted molar refractivity (Wildman–Crippen MR) is 79.1 cm³/mol. The summed E-state index contributed by atoms with van der Waals surface area (Å²) in [5.74, 6) is 0.400. The lowest BCUT2D eigenvalue weighted by molar-refractivity contribution is 0.410. The van der Waals surface area contributed by atoms with Crippen LogP contribution in [0.25, 0.3) is 0 Å². The van der Waals surface area contributed by atoms with Crippen molar-refractivity contribution in [1.29, 1.82) is 5.26 Å². The van der Waals surface area contributed by atoms with E-state index in [-0.39, 0.29) is 5.82 Å². The molecule has 3 nitrogen and oxygen atoms in total. The second-order valence-electron chi connectivity index (χ2n) is 4.12. The summed E-state index contributed by atoms with van der Waals surface area (Å²) in [6.07, 6.45) is 0. The van der Waals surface area contributed by atoms with Gasteiger partial charge in [0.25, 0.3) is 0 Å². The van der Waals surface area contributed by atoms with Crippen molar-refractivity contribution in [2.24, 2.45) is 0 Å². The van der Waals surface area contributed by atoms with Crippen LogP contribution < -0.4 is 10.1 Å². The molecular formula is C15H12BrFN2O. The van der Waals surface area contributed by atoms with Gasteiger partial charge in [-0.3, -0.25) is 0 Å². The third-order valence-electron chi connectivity index (χ3n) is 2.81. The minimum absolute atomic E-state index is 0.306. The van der Waals surface area contributed by atoms with Crippen molar-refractivity contribution < 1.29 is 9.13 Å². The van der Waals surface area contributed by atoms with Crippen molar-refractivity contribution in [3.8, 4) is 11.8 Å². The van der Waals surface area contributed by atoms with Crippen molar-refractivity contribution >= 4 is 21.6 Å². The molecule has 0 aliphatic heterocycles. The zero-order chi connectivity index (χ0) is 14.5. The molecule has 5 heteroatoms. The fourth-order valence-corrected chi connectivity index (χ4v) is 2.17. The largest absolute Gasteiger partial charge is 0.496 e. The fourth-order valence-electron chi connectivity index (χ4n) is 1.79. The normalized spacial score (nSPS) is 9.90. The average Bonchev–Trinajstić information content (AvgIpc) is 2.48. The maximum absolute atomic E-state index is 13.1. The number of rotatable bonds is 4. The van der Waals surface area contributed by atoms with E-state index in [0.29, 0.717) is 22.3 Å². The van der Waals surface area contributed by atoms with E-state index in [2.05, 4.69) is 27.3 Å². The number of nitrogens with zero attached hydrogens (tertiary/aromatic N) is 1. The molecule has 0 fully saturated rings. The first-order valence-corrected chi connectivity index (χ1v) is 6.69. The maximum Gasteiger partial charge on any atom is 0.137 e. The molecule has 0 aromatic heterocycles. The molecular weight excluding hydrogens is 323 g/mol. The second kappa shape index (κ2) is 6.40. The van der Waals surface area contributed by atoms with Crippen LogP contribution in [0.15, 0.2) is 40.9 Å². The number of benzene rings is 2. The zero-order valence-corrected chi connectivity index (χ0v) is 12.4. The Morgan fingerprint density at radius 3 is 2.75 bits per heavy atom. The van der Waals surface area contributed by atoms with Gasteiger partial charge < -0.3 is 10.1 Å². The van der Waals surface area contributed by atoms with Crippen molar-refractivity contribution in [2.75, 3.05) is 12.4 Å². The van der Waals surface area contributed by atoms with E-state index in [1.54, 1.807) is 37.4 Å². The van der Waals surface area contributed by atoms with Gasteiger partial charge in [-0.15, -0.1) is 0 Å². The van der Waals surface area contributed by atoms with E-state index in [9.17, 15) is 4.39 Å². The molecule has 2 aromatic rings. The van der Waals surface area contributed by atoms with Crippen LogP contribution in [0.5, 0.6) is 5.75 Å². The van der Waals surface area contributed by atoms with E-state index in [4.69, 9.17) is 10.00 Å². The molecule has 102 valence electrons. The molecule has 0 amide bonds. The first-order chi connectivity index (χ1) is 9.63. The van der Waals surface area contributed by atoms with Crippen LogP contribution in [0.1, 0.15) is 11.1 Å². The lowest BCUT2D eigenvalue weighted by atomic mass is 10.1. The van der Waals surface area contributed by atoms with Gasteiger partial charge in [-0.1, -0.05) is 0 Å². The minimum Gasteiger partial charge on any atom is -0.496 e. The van der Waals surface area contributed by atoms with Gasteiger partial charge in [0.15, 0.2) is 0 Å². The highest BCUT2D eigenvalue weighted by Crippen LogP contribution is 2.23. The molecule has 0 spiro atoms. The molecule has 20 heavy (non-hydrogen) atoms. The molecule has 0 saturated heterocycles. The van der Waals surface area contributed by atoms with Gasteiger partial charge >= 0.3 is 0 Å². The predicted octanol–water partition coefficient (Wildman–Crippen LogP) is 4.08. The second-order valence-corrected chi connectivity index (χ2v) is 4.98. The first kappa shape index (κ1) is 14.4. The Balaban J connectivity index is 2.17. The molecule has 0 heterocycles. The topological polar surface area (TPSA) is 45.0 Å². The van der Waals surface area contributed by atoms with Gasteiger partial charge in [-0.25, -0.2) is 4.39 Å². The van der Waals surface area contributed by atoms with Gasteiger partial charge in [-0.2, -0.15) is 5.26 Å². The van der Waals surface area contributed by atoms with Crippen molar-refractivity contribution in [2.45, 2.75) is 6.54 Å². The van der Waals surface area contributed by atoms with Crippen LogP contribution in [0.4, 0.5) is 10.1 Å². The Labute approximate surface area is 125 Å². The summed E-state index contributed by atoms with van der Waals surface area (Å²) in [4.78, 5) is 0. The third-order valence-corrected chi connectivity index (χ3v) is 3.42. The summed E-state index contributed by atoms with van der Waals surface area (Å²) in [7, 11) is 1.58. The van der Waals surface area contributed by atoms with E-state index >= 15 is 0 Å². The molecule has 0 saturated carbocycles. The van der Waals surface area contributed by atoms with Crippen molar-refractivity contribution in [3.63, 3.8) is 0 Å². The number of halogens is 2. The van der Waals surface area contributed by atoms with E-state index in [0.717, 1.165) is 11.3 Å². The monoisotopic (exact) mass is 334 g/mol. The molecule has 2 rings (SSSR count). The van der Waals surface area contributed by atoms with Crippen LogP contribution in [-0.4, -0.2) is 7.11 Å². The Kier molecular flexibility index (Phi) is 4.59. The third kappa shape index (κ3) is 3.28. The SMILES string of the molecule is COc1ccc(C#N)cc1CNc1ccc(F)c(Br)c1. The van der Waals surface area contributed by atoms with Gasteiger partial charge in [0.2, 0.25) is 0 Å². The van der Waals surface area contributed by atoms with E-state index in [1.807, 2.05) is 0 Å². The Morgan fingerprint density at radius 1 is 1.30 bits per heavy atom. The van der Waals surface area contributed by atoms with Gasteiger partial charge in [0, 0.05) is 17.8 Å². The summed E-state index contributed by atoms with van der Waals surface area (Å²) in [5, 5.41) is 12.1. The molecule has 1 N–H and O–H groups in total. The van der Waals surface area contributed by atoms with Crippen LogP contribution in [0, 0.1) is 17.1 Å². The molecule has 0 radical (unpaired) electrons. The Bertz CT molecular complexity index is 667. The lowest BCUT2D eigenvalue weighted by Gasteiger charge is -2.11. The number of hydrogen-bond donors (Lipinski definition) is 1. The summed E-state index contributed by atoms with van der Waals surface area (Å²) >= 11 is 3.14. The number of ether oxygens (including phenoxy) is 1. The molecule has 2 aromatic carbocycles. The molecule has 0 aliphatic rings. The summed E-state index contributed by atoms with van der Waals surface area (Å²) in [5.41, 5.74) is 2.22. The van der Waals surface area contributed by atoms with Crippen molar-refractivity contribution in [3.05, 3.63) is 57.8 Å². The van der Waals surface area contributed by atoms with Crippen LogP contribution in [0.2, 0.25) is 0 Å². The molecule has 0 atom stereocenters. The summed E-state index contributed by atoms with van der Waals surface area (Å²) in [6, 6.07) is 12.0. The Hall–Kier alpha value is -2.06. The fraction of sp³-hybridized carbons (Fsp3) is 0.133. The number of methoxy groups -OCH3 is 1. The molecule has 0 unspecified atom stereocenters. The van der Waals surface area contributed by atoms with E-state index < -0.39 is 0 Å². The highest BCUT2D eigenvalue weighted by Gasteiger charge is 2.05. The number of nitriles is 1. The average molecular weight is 335 g/mol. The van der Waals surface area contributed by atoms with E-state index in [1.165, 1.54) is 6.07 Å². The summed E-state index contributed by atoms with van der Waals surface area (Å²) < 4.78 is 18.8. The maximum atomic E-state index is 13.1. The quantitative estimate of drug-likeness (QED) is 0.916. The van der Waals surface area contributed by atoms with Gasteiger partial charge in [0.1, 0.15) is 11.6 Å². The minimum atomic E-state index is -0.306. The van der Waals surface area contributed by atoms with Crippen LogP contribution in [0.3, 0.4) is 0 Å². The molecule has 0 aliphatic carbocycles. The zero-order valence-electron chi connectivity index (χ0n) is 10.8. The standard InChI is InChI=1S/C15H12BrFN2O/c1-20-15-5-2-10(8-18)6-11(15)9-19-12-3-4-14(17)13(16)7-12/h2-7,19H,9H2,1H3. The smallest absolute Gasteiger partial charge is 0.137 e. The lowest BCUT2D eigenvalue weighted by Crippen LogP contribution is -2.02.